The third-order valence-corrected chi connectivity index (χ3v) is 14.7. The molecule has 0 unspecified atom stereocenters. The van der Waals surface area contributed by atoms with Crippen LogP contribution in [0.25, 0.3) is 143 Å². The van der Waals surface area contributed by atoms with Crippen LogP contribution in [0.2, 0.25) is 0 Å². The fourth-order valence-corrected chi connectivity index (χ4v) is 12.0. The SMILES string of the molecule is c1ccc(-n2c3ccccc3c3cc(-n4c5cccnc5c5c6ccc7cc8c(c9ccc(cc54)c6c79)c4ncccc4n8-c4ccc5c(c4)c4ccccc4n5-c4ccccc4)ccc32)cc1. The molecule has 0 aliphatic carbocycles. The summed E-state index contributed by atoms with van der Waals surface area (Å²) in [6.07, 6.45) is 3.86. The molecule has 10 aromatic carbocycles. The van der Waals surface area contributed by atoms with Gasteiger partial charge in [0.2, 0.25) is 0 Å². The highest BCUT2D eigenvalue weighted by molar-refractivity contribution is 6.37. The molecule has 0 spiro atoms. The summed E-state index contributed by atoms with van der Waals surface area (Å²) in [6, 6.07) is 75.3. The van der Waals surface area contributed by atoms with Gasteiger partial charge in [-0.15, -0.1) is 0 Å². The summed E-state index contributed by atoms with van der Waals surface area (Å²) in [4.78, 5) is 10.3. The second kappa shape index (κ2) is 13.2. The summed E-state index contributed by atoms with van der Waals surface area (Å²) in [6.45, 7) is 0. The Balaban J connectivity index is 0.944. The van der Waals surface area contributed by atoms with Crippen LogP contribution in [-0.2, 0) is 0 Å². The summed E-state index contributed by atoms with van der Waals surface area (Å²) >= 11 is 0. The molecule has 6 aromatic heterocycles. The molecular weight excluding hydrogens is 829 g/mol. The van der Waals surface area contributed by atoms with Crippen molar-refractivity contribution in [1.29, 1.82) is 0 Å². The fourth-order valence-electron chi connectivity index (χ4n) is 12.0. The highest BCUT2D eigenvalue weighted by Gasteiger charge is 2.24. The van der Waals surface area contributed by atoms with E-state index in [-0.39, 0.29) is 0 Å². The number of benzene rings is 10. The smallest absolute Gasteiger partial charge is 0.0969 e. The molecule has 68 heavy (non-hydrogen) atoms. The number of fused-ring (bicyclic) bond motifs is 14. The number of nitrogens with zero attached hydrogens (tertiary/aromatic N) is 6. The van der Waals surface area contributed by atoms with Crippen molar-refractivity contribution in [3.05, 3.63) is 219 Å². The van der Waals surface area contributed by atoms with Gasteiger partial charge in [0.25, 0.3) is 0 Å². The molecule has 16 aromatic rings. The second-order valence-electron chi connectivity index (χ2n) is 18.2. The molecule has 6 heterocycles. The number of hydrogen-bond donors (Lipinski definition) is 0. The maximum atomic E-state index is 5.14. The van der Waals surface area contributed by atoms with Crippen LogP contribution < -0.4 is 0 Å². The van der Waals surface area contributed by atoms with E-state index < -0.39 is 0 Å². The molecule has 0 amide bonds. The lowest BCUT2D eigenvalue weighted by Gasteiger charge is -2.15. The molecule has 6 heteroatoms. The van der Waals surface area contributed by atoms with Gasteiger partial charge in [-0.25, -0.2) is 0 Å². The van der Waals surface area contributed by atoms with Crippen LogP contribution in [0.3, 0.4) is 0 Å². The minimum atomic E-state index is 1.000. The van der Waals surface area contributed by atoms with E-state index >= 15 is 0 Å². The van der Waals surface area contributed by atoms with Crippen molar-refractivity contribution in [2.45, 2.75) is 0 Å². The average molecular weight is 865 g/mol. The monoisotopic (exact) mass is 864 g/mol. The standard InChI is InChI=1S/C62H36N6/c1-3-13-39(14-4-1)65-49-19-9-7-17-43(49)47-35-41(25-29-51(47)65)67-53-21-11-31-63-61(53)59-45-27-24-38-34-56-60(46-28-23-37(33-55(59)67)57(45)58(38)46)62-54(22-12-32-64-62)68(56)42-26-30-52-48(36-42)44-18-8-10-20-50(44)66(52)40-15-5-2-6-16-40/h1-36H. The Labute approximate surface area is 387 Å². The molecule has 314 valence electrons. The van der Waals surface area contributed by atoms with Gasteiger partial charge in [0.15, 0.2) is 0 Å². The first-order chi connectivity index (χ1) is 33.8. The van der Waals surface area contributed by atoms with Crippen molar-refractivity contribution in [3.63, 3.8) is 0 Å². The van der Waals surface area contributed by atoms with Crippen LogP contribution in [0.4, 0.5) is 0 Å². The van der Waals surface area contributed by atoms with E-state index in [0.29, 0.717) is 0 Å². The van der Waals surface area contributed by atoms with Crippen molar-refractivity contribution in [2.75, 3.05) is 0 Å². The van der Waals surface area contributed by atoms with Gasteiger partial charge < -0.3 is 18.3 Å². The van der Waals surface area contributed by atoms with Crippen LogP contribution in [0.1, 0.15) is 0 Å². The molecule has 0 bridgehead atoms. The van der Waals surface area contributed by atoms with Gasteiger partial charge in [-0.2, -0.15) is 0 Å². The van der Waals surface area contributed by atoms with E-state index in [1.54, 1.807) is 0 Å². The fraction of sp³-hybridized carbons (Fsp3) is 0. The van der Waals surface area contributed by atoms with Crippen LogP contribution in [0.5, 0.6) is 0 Å². The van der Waals surface area contributed by atoms with E-state index in [1.165, 1.54) is 75.9 Å². The first kappa shape index (κ1) is 36.0. The Bertz CT molecular complexity index is 4470. The van der Waals surface area contributed by atoms with Crippen molar-refractivity contribution in [1.82, 2.24) is 28.2 Å². The molecule has 0 atom stereocenters. The summed E-state index contributed by atoms with van der Waals surface area (Å²) < 4.78 is 9.59. The Kier molecular flexibility index (Phi) is 6.98. The number of pyridine rings is 2. The Morgan fingerprint density at radius 3 is 1.10 bits per heavy atom. The number of para-hydroxylation sites is 4. The van der Waals surface area contributed by atoms with E-state index in [0.717, 1.165) is 66.6 Å². The minimum absolute atomic E-state index is 1.000. The number of rotatable bonds is 4. The maximum absolute atomic E-state index is 5.14. The number of aromatic nitrogens is 6. The Morgan fingerprint density at radius 1 is 0.235 bits per heavy atom. The highest BCUT2D eigenvalue weighted by atomic mass is 15.0. The van der Waals surface area contributed by atoms with Crippen LogP contribution in [-0.4, -0.2) is 28.2 Å². The second-order valence-corrected chi connectivity index (χ2v) is 18.2. The van der Waals surface area contributed by atoms with Gasteiger partial charge in [-0.3, -0.25) is 9.97 Å². The molecule has 0 fully saturated rings. The van der Waals surface area contributed by atoms with Crippen molar-refractivity contribution in [3.8, 4) is 22.7 Å². The van der Waals surface area contributed by atoms with Gasteiger partial charge >= 0.3 is 0 Å². The first-order valence-corrected chi connectivity index (χ1v) is 23.2. The van der Waals surface area contributed by atoms with E-state index in [1.807, 2.05) is 12.4 Å². The lowest BCUT2D eigenvalue weighted by molar-refractivity contribution is 1.16. The highest BCUT2D eigenvalue weighted by Crippen LogP contribution is 2.47. The van der Waals surface area contributed by atoms with E-state index in [2.05, 4.69) is 225 Å². The van der Waals surface area contributed by atoms with Crippen LogP contribution >= 0.6 is 0 Å². The zero-order chi connectivity index (χ0) is 44.2. The average Bonchev–Trinajstić information content (AvgIpc) is 4.12. The third kappa shape index (κ3) is 4.65. The predicted octanol–water partition coefficient (Wildman–Crippen LogP) is 15.8. The molecule has 0 saturated heterocycles. The molecule has 0 N–H and O–H groups in total. The molecule has 0 aliphatic heterocycles. The largest absolute Gasteiger partial charge is 0.309 e. The summed E-state index contributed by atoms with van der Waals surface area (Å²) in [5.74, 6) is 0. The molecule has 0 saturated carbocycles. The summed E-state index contributed by atoms with van der Waals surface area (Å²) in [5.41, 5.74) is 15.7. The zero-order valence-electron chi connectivity index (χ0n) is 36.5. The van der Waals surface area contributed by atoms with E-state index in [9.17, 15) is 0 Å². The van der Waals surface area contributed by atoms with Gasteiger partial charge in [0.1, 0.15) is 0 Å². The molecule has 0 radical (unpaired) electrons. The zero-order valence-corrected chi connectivity index (χ0v) is 36.5. The first-order valence-electron chi connectivity index (χ1n) is 23.2. The number of hydrogen-bond acceptors (Lipinski definition) is 2. The van der Waals surface area contributed by atoms with Crippen LogP contribution in [0, 0.1) is 0 Å². The predicted molar refractivity (Wildman–Crippen MR) is 283 cm³/mol. The Hall–Kier alpha value is -9.26. The van der Waals surface area contributed by atoms with Gasteiger partial charge in [-0.1, -0.05) is 97.1 Å². The Morgan fingerprint density at radius 2 is 0.632 bits per heavy atom. The quantitative estimate of drug-likeness (QED) is 0.165. The maximum Gasteiger partial charge on any atom is 0.0969 e. The van der Waals surface area contributed by atoms with Crippen molar-refractivity contribution >= 4 is 120 Å². The van der Waals surface area contributed by atoms with Gasteiger partial charge in [0, 0.05) is 67.5 Å². The van der Waals surface area contributed by atoms with Crippen molar-refractivity contribution < 1.29 is 0 Å². The topological polar surface area (TPSA) is 45.5 Å². The lowest BCUT2D eigenvalue weighted by Crippen LogP contribution is -1.96. The van der Waals surface area contributed by atoms with Crippen molar-refractivity contribution in [2.24, 2.45) is 0 Å². The molecular formula is C62H36N6. The van der Waals surface area contributed by atoms with Crippen LogP contribution in [0.15, 0.2) is 219 Å². The normalized spacial score (nSPS) is 12.4. The third-order valence-electron chi connectivity index (χ3n) is 14.7. The lowest BCUT2D eigenvalue weighted by atomic mass is 9.91. The van der Waals surface area contributed by atoms with Gasteiger partial charge in [0.05, 0.1) is 55.2 Å². The minimum Gasteiger partial charge on any atom is -0.309 e. The molecule has 6 nitrogen and oxygen atoms in total. The molecule has 0 aliphatic rings. The van der Waals surface area contributed by atoms with Gasteiger partial charge in [-0.05, 0) is 142 Å². The summed E-state index contributed by atoms with van der Waals surface area (Å²) in [7, 11) is 0. The van der Waals surface area contributed by atoms with E-state index in [4.69, 9.17) is 9.97 Å². The summed E-state index contributed by atoms with van der Waals surface area (Å²) in [5, 5.41) is 14.5. The molecule has 16 rings (SSSR count).